The van der Waals surface area contributed by atoms with E-state index < -0.39 is 47.0 Å². The maximum absolute atomic E-state index is 12.3. The van der Waals surface area contributed by atoms with Crippen LogP contribution in [0.15, 0.2) is 0 Å². The van der Waals surface area contributed by atoms with Gasteiger partial charge in [-0.25, -0.2) is 4.79 Å². The van der Waals surface area contributed by atoms with Crippen molar-refractivity contribution < 1.29 is 50.5 Å². The van der Waals surface area contributed by atoms with E-state index in [1.54, 1.807) is 29.5 Å². The van der Waals surface area contributed by atoms with Crippen molar-refractivity contribution in [3.8, 4) is 0 Å². The molecule has 130 valence electrons. The van der Waals surface area contributed by atoms with Crippen LogP contribution in [0.25, 0.3) is 0 Å². The Bertz CT molecular complexity index is 394. The van der Waals surface area contributed by atoms with Crippen LogP contribution in [0, 0.1) is 0 Å². The summed E-state index contributed by atoms with van der Waals surface area (Å²) >= 11 is 1.71. The summed E-state index contributed by atoms with van der Waals surface area (Å²) in [5.74, 6) is -3.70. The Morgan fingerprint density at radius 1 is 1.05 bits per heavy atom. The van der Waals surface area contributed by atoms with Crippen LogP contribution >= 0.6 is 22.6 Å². The van der Waals surface area contributed by atoms with Gasteiger partial charge in [0.05, 0.1) is 0 Å². The molecule has 1 atom stereocenters. The third kappa shape index (κ3) is 4.86. The Morgan fingerprint density at radius 2 is 1.45 bits per heavy atom. The van der Waals surface area contributed by atoms with Crippen LogP contribution < -0.4 is 0 Å². The standard InChI is InChI=1S/C10H11F6IO5/c1-2-5(17)6(18)21-3-4-22-7(19)8(20,9(11,12)13)10(14,15)16/h5,20H,2-4H2,1H3. The first-order chi connectivity index (χ1) is 9.79. The number of halogens is 7. The molecular weight excluding hydrogens is 441 g/mol. The minimum absolute atomic E-state index is 0.390. The molecule has 0 radical (unpaired) electrons. The van der Waals surface area contributed by atoms with Crippen molar-refractivity contribution in [2.45, 2.75) is 35.2 Å². The minimum atomic E-state index is -6.31. The van der Waals surface area contributed by atoms with E-state index in [4.69, 9.17) is 5.11 Å². The number of esters is 2. The molecule has 12 heteroatoms. The first kappa shape index (κ1) is 21.2. The highest BCUT2D eigenvalue weighted by Gasteiger charge is 2.76. The van der Waals surface area contributed by atoms with Gasteiger partial charge in [-0.1, -0.05) is 29.5 Å². The van der Waals surface area contributed by atoms with Crippen LogP contribution in [0.2, 0.25) is 0 Å². The van der Waals surface area contributed by atoms with Gasteiger partial charge in [0.2, 0.25) is 0 Å². The Hall–Kier alpha value is -0.790. The quantitative estimate of drug-likeness (QED) is 0.220. The molecule has 0 fully saturated rings. The fraction of sp³-hybridized carbons (Fsp3) is 0.800. The molecule has 0 heterocycles. The number of ether oxygens (including phenoxy) is 2. The van der Waals surface area contributed by atoms with Crippen LogP contribution in [-0.4, -0.2) is 52.1 Å². The zero-order valence-electron chi connectivity index (χ0n) is 10.9. The average molecular weight is 452 g/mol. The lowest BCUT2D eigenvalue weighted by atomic mass is 10.0. The predicted octanol–water partition coefficient (Wildman–Crippen LogP) is 2.14. The average Bonchev–Trinajstić information content (AvgIpc) is 2.38. The molecule has 0 saturated heterocycles. The molecule has 0 aliphatic rings. The molecule has 0 bridgehead atoms. The van der Waals surface area contributed by atoms with Gasteiger partial charge >= 0.3 is 29.9 Å². The van der Waals surface area contributed by atoms with Gasteiger partial charge in [-0.2, -0.15) is 26.3 Å². The van der Waals surface area contributed by atoms with E-state index in [1.165, 1.54) is 0 Å². The van der Waals surface area contributed by atoms with Gasteiger partial charge in [0.1, 0.15) is 17.1 Å². The summed E-state index contributed by atoms with van der Waals surface area (Å²) in [6.07, 6.45) is -12.2. The van der Waals surface area contributed by atoms with Crippen molar-refractivity contribution in [2.75, 3.05) is 13.2 Å². The van der Waals surface area contributed by atoms with Gasteiger partial charge in [0.15, 0.2) is 0 Å². The Labute approximate surface area is 134 Å². The molecule has 5 nitrogen and oxygen atoms in total. The summed E-state index contributed by atoms with van der Waals surface area (Å²) in [4.78, 5) is 22.1. The van der Waals surface area contributed by atoms with E-state index in [2.05, 4.69) is 9.47 Å². The first-order valence-corrected chi connectivity index (χ1v) is 6.87. The number of carbonyl (C=O) groups excluding carboxylic acids is 2. The first-order valence-electron chi connectivity index (χ1n) is 5.62. The summed E-state index contributed by atoms with van der Waals surface area (Å²) in [6.45, 7) is -0.160. The molecular formula is C10H11F6IO5. The zero-order chi connectivity index (χ0) is 17.8. The summed E-state index contributed by atoms with van der Waals surface area (Å²) in [7, 11) is 0. The minimum Gasteiger partial charge on any atom is -0.461 e. The van der Waals surface area contributed by atoms with Crippen molar-refractivity contribution in [2.24, 2.45) is 0 Å². The van der Waals surface area contributed by atoms with E-state index in [0.717, 1.165) is 0 Å². The van der Waals surface area contributed by atoms with Crippen LogP contribution in [0.1, 0.15) is 13.3 Å². The van der Waals surface area contributed by atoms with Gasteiger partial charge in [-0.15, -0.1) is 0 Å². The summed E-state index contributed by atoms with van der Waals surface area (Å²) in [5.41, 5.74) is -5.64. The van der Waals surface area contributed by atoms with Crippen LogP contribution in [0.3, 0.4) is 0 Å². The van der Waals surface area contributed by atoms with Gasteiger partial charge in [0.25, 0.3) is 0 Å². The zero-order valence-corrected chi connectivity index (χ0v) is 13.1. The molecule has 0 aromatic rings. The third-order valence-corrected chi connectivity index (χ3v) is 3.68. The monoisotopic (exact) mass is 452 g/mol. The number of aliphatic hydroxyl groups is 1. The molecule has 22 heavy (non-hydrogen) atoms. The van der Waals surface area contributed by atoms with E-state index in [-0.39, 0.29) is 0 Å². The molecule has 0 saturated carbocycles. The molecule has 0 spiro atoms. The highest BCUT2D eigenvalue weighted by Crippen LogP contribution is 2.43. The van der Waals surface area contributed by atoms with Gasteiger partial charge in [-0.05, 0) is 6.42 Å². The predicted molar refractivity (Wildman–Crippen MR) is 67.1 cm³/mol. The Morgan fingerprint density at radius 3 is 1.82 bits per heavy atom. The maximum Gasteiger partial charge on any atom is 0.437 e. The van der Waals surface area contributed by atoms with Crippen LogP contribution in [-0.2, 0) is 19.1 Å². The summed E-state index contributed by atoms with van der Waals surface area (Å²) in [6, 6.07) is 0. The second kappa shape index (κ2) is 7.66. The Balaban J connectivity index is 4.67. The van der Waals surface area contributed by atoms with Gasteiger partial charge in [-0.3, -0.25) is 4.79 Å². The molecule has 0 aromatic carbocycles. The Kier molecular flexibility index (Phi) is 7.38. The summed E-state index contributed by atoms with van der Waals surface area (Å²) < 4.78 is 81.3. The molecule has 0 rings (SSSR count). The van der Waals surface area contributed by atoms with Crippen LogP contribution in [0.5, 0.6) is 0 Å². The highest BCUT2D eigenvalue weighted by atomic mass is 127. The molecule has 1 unspecified atom stereocenters. The fourth-order valence-electron chi connectivity index (χ4n) is 1.03. The van der Waals surface area contributed by atoms with E-state index >= 15 is 0 Å². The second-order valence-electron chi connectivity index (χ2n) is 3.89. The largest absolute Gasteiger partial charge is 0.461 e. The van der Waals surface area contributed by atoms with Crippen molar-refractivity contribution in [3.63, 3.8) is 0 Å². The molecule has 1 N–H and O–H groups in total. The third-order valence-electron chi connectivity index (χ3n) is 2.29. The van der Waals surface area contributed by atoms with Crippen LogP contribution in [0.4, 0.5) is 26.3 Å². The van der Waals surface area contributed by atoms with E-state index in [1.807, 2.05) is 0 Å². The van der Waals surface area contributed by atoms with Crippen molar-refractivity contribution >= 4 is 34.5 Å². The van der Waals surface area contributed by atoms with Crippen molar-refractivity contribution in [1.82, 2.24) is 0 Å². The topological polar surface area (TPSA) is 72.8 Å². The van der Waals surface area contributed by atoms with Crippen molar-refractivity contribution in [3.05, 3.63) is 0 Å². The maximum atomic E-state index is 12.3. The van der Waals surface area contributed by atoms with E-state index in [9.17, 15) is 35.9 Å². The van der Waals surface area contributed by atoms with Crippen molar-refractivity contribution in [1.29, 1.82) is 0 Å². The SMILES string of the molecule is CCC(I)C(=O)OCCOC(=O)C(O)(C(F)(F)F)C(F)(F)F. The molecule has 0 amide bonds. The lowest BCUT2D eigenvalue weighted by Crippen LogP contribution is -2.63. The smallest absolute Gasteiger partial charge is 0.437 e. The van der Waals surface area contributed by atoms with Gasteiger partial charge in [0, 0.05) is 0 Å². The lowest BCUT2D eigenvalue weighted by molar-refractivity contribution is -0.357. The van der Waals surface area contributed by atoms with Gasteiger partial charge < -0.3 is 14.6 Å². The fourth-order valence-corrected chi connectivity index (χ4v) is 1.21. The number of rotatable bonds is 6. The number of alkyl halides is 7. The summed E-state index contributed by atoms with van der Waals surface area (Å²) in [5, 5.41) is 8.65. The highest BCUT2D eigenvalue weighted by molar-refractivity contribution is 14.1. The molecule has 0 aliphatic heterocycles. The lowest BCUT2D eigenvalue weighted by Gasteiger charge is -2.29. The normalized spacial score (nSPS) is 14.4. The van der Waals surface area contributed by atoms with E-state index in [0.29, 0.717) is 6.42 Å². The number of hydrogen-bond donors (Lipinski definition) is 1. The molecule has 0 aromatic heterocycles. The molecule has 0 aliphatic carbocycles. The number of hydrogen-bond acceptors (Lipinski definition) is 5. The number of carbonyl (C=O) groups is 2. The second-order valence-corrected chi connectivity index (χ2v) is 5.39.